The molecule has 3 aromatic rings. The van der Waals surface area contributed by atoms with E-state index in [0.717, 1.165) is 16.7 Å². The molecule has 0 spiro atoms. The molecule has 2 heteroatoms. The highest BCUT2D eigenvalue weighted by molar-refractivity contribution is 6.14. The maximum absolute atomic E-state index is 13.3. The molecule has 4 rings (SSSR count). The van der Waals surface area contributed by atoms with Crippen molar-refractivity contribution < 1.29 is 9.53 Å². The Morgan fingerprint density at radius 1 is 0.885 bits per heavy atom. The highest BCUT2D eigenvalue weighted by Gasteiger charge is 2.32. The summed E-state index contributed by atoms with van der Waals surface area (Å²) in [4.78, 5) is 13.3. The van der Waals surface area contributed by atoms with E-state index >= 15 is 0 Å². The smallest absolute Gasteiger partial charge is 0.196 e. The number of rotatable bonds is 2. The number of carbonyl (C=O) groups is 1. The van der Waals surface area contributed by atoms with Crippen LogP contribution < -0.4 is 4.74 Å². The average Bonchev–Trinajstić information content (AvgIpc) is 2.67. The lowest BCUT2D eigenvalue weighted by atomic mass is 9.89. The molecule has 2 nitrogen and oxygen atoms in total. The third-order valence-electron chi connectivity index (χ3n) is 4.77. The highest BCUT2D eigenvalue weighted by Crippen LogP contribution is 2.39. The van der Waals surface area contributed by atoms with Crippen molar-refractivity contribution in [3.05, 3.63) is 106 Å². The van der Waals surface area contributed by atoms with Gasteiger partial charge in [-0.15, -0.1) is 0 Å². The molecule has 0 saturated heterocycles. The monoisotopic (exact) mass is 340 g/mol. The Morgan fingerprint density at radius 3 is 2.42 bits per heavy atom. The lowest BCUT2D eigenvalue weighted by Gasteiger charge is -2.28. The van der Waals surface area contributed by atoms with E-state index in [1.807, 2.05) is 60.7 Å². The molecular weight excluding hydrogens is 320 g/mol. The van der Waals surface area contributed by atoms with Crippen molar-refractivity contribution >= 4 is 11.9 Å². The summed E-state index contributed by atoms with van der Waals surface area (Å²) in [5.74, 6) is 0.672. The van der Waals surface area contributed by atoms with Crippen molar-refractivity contribution in [2.75, 3.05) is 0 Å². The molecule has 0 aliphatic carbocycles. The van der Waals surface area contributed by atoms with E-state index in [9.17, 15) is 4.79 Å². The zero-order valence-corrected chi connectivity index (χ0v) is 14.9. The molecule has 3 aromatic carbocycles. The third kappa shape index (κ3) is 2.95. The minimum absolute atomic E-state index is 0.0293. The Kier molecular flexibility index (Phi) is 4.18. The van der Waals surface area contributed by atoms with Crippen LogP contribution in [-0.4, -0.2) is 5.78 Å². The summed E-state index contributed by atoms with van der Waals surface area (Å²) >= 11 is 0. The molecule has 1 atom stereocenters. The average molecular weight is 340 g/mol. The lowest BCUT2D eigenvalue weighted by Crippen LogP contribution is -2.23. The van der Waals surface area contributed by atoms with E-state index in [-0.39, 0.29) is 5.78 Å². The molecular formula is C24H20O2. The first-order valence-electron chi connectivity index (χ1n) is 8.77. The highest BCUT2D eigenvalue weighted by atomic mass is 16.5. The van der Waals surface area contributed by atoms with Crippen molar-refractivity contribution in [2.45, 2.75) is 20.0 Å². The van der Waals surface area contributed by atoms with Crippen molar-refractivity contribution in [3.8, 4) is 5.75 Å². The van der Waals surface area contributed by atoms with E-state index in [2.05, 4.69) is 32.0 Å². The van der Waals surface area contributed by atoms with Crippen LogP contribution in [0, 0.1) is 13.8 Å². The van der Waals surface area contributed by atoms with Crippen molar-refractivity contribution in [2.24, 2.45) is 0 Å². The van der Waals surface area contributed by atoms with Crippen LogP contribution in [0.4, 0.5) is 0 Å². The van der Waals surface area contributed by atoms with Gasteiger partial charge in [-0.1, -0.05) is 66.2 Å². The molecule has 0 unspecified atom stereocenters. The molecule has 1 aliphatic rings. The molecule has 26 heavy (non-hydrogen) atoms. The maximum Gasteiger partial charge on any atom is 0.196 e. The van der Waals surface area contributed by atoms with Crippen LogP contribution in [0.25, 0.3) is 6.08 Å². The summed E-state index contributed by atoms with van der Waals surface area (Å²) in [6.07, 6.45) is 1.58. The standard InChI is InChI=1S/C24H20O2/c1-16-12-13-17(2)19(14-16)15-21-23(25)20-10-6-7-11-22(20)26-24(21)18-8-4-3-5-9-18/h3-15,24H,1-2H3/b21-15-/t24-/m0/s1. The van der Waals surface area contributed by atoms with Crippen LogP contribution >= 0.6 is 0 Å². The fraction of sp³-hybridized carbons (Fsp3) is 0.125. The molecule has 0 amide bonds. The van der Waals surface area contributed by atoms with Gasteiger partial charge in [-0.3, -0.25) is 4.79 Å². The second kappa shape index (κ2) is 6.64. The van der Waals surface area contributed by atoms with Gasteiger partial charge in [0, 0.05) is 5.57 Å². The number of ether oxygens (including phenoxy) is 1. The van der Waals surface area contributed by atoms with Crippen LogP contribution in [0.5, 0.6) is 5.75 Å². The fourth-order valence-corrected chi connectivity index (χ4v) is 3.32. The van der Waals surface area contributed by atoms with Crippen LogP contribution in [0.3, 0.4) is 0 Å². The predicted molar refractivity (Wildman–Crippen MR) is 104 cm³/mol. The zero-order chi connectivity index (χ0) is 18.1. The Labute approximate surface area is 153 Å². The number of aryl methyl sites for hydroxylation is 2. The summed E-state index contributed by atoms with van der Waals surface area (Å²) in [6.45, 7) is 4.12. The number of Topliss-reactive ketones (excluding diaryl/α,β-unsaturated/α-hetero) is 1. The number of para-hydroxylation sites is 1. The van der Waals surface area contributed by atoms with Crippen molar-refractivity contribution in [1.29, 1.82) is 0 Å². The molecule has 128 valence electrons. The van der Waals surface area contributed by atoms with Gasteiger partial charge in [0.25, 0.3) is 0 Å². The van der Waals surface area contributed by atoms with Gasteiger partial charge in [-0.2, -0.15) is 0 Å². The maximum atomic E-state index is 13.3. The molecule has 0 aromatic heterocycles. The van der Waals surface area contributed by atoms with Crippen LogP contribution in [-0.2, 0) is 0 Å². The van der Waals surface area contributed by atoms with Gasteiger partial charge in [0.1, 0.15) is 5.75 Å². The second-order valence-corrected chi connectivity index (χ2v) is 6.69. The summed E-state index contributed by atoms with van der Waals surface area (Å²) < 4.78 is 6.25. The fourth-order valence-electron chi connectivity index (χ4n) is 3.32. The Hall–Kier alpha value is -3.13. The van der Waals surface area contributed by atoms with Gasteiger partial charge < -0.3 is 4.74 Å². The van der Waals surface area contributed by atoms with Crippen molar-refractivity contribution in [1.82, 2.24) is 0 Å². The van der Waals surface area contributed by atoms with Crippen LogP contribution in [0.2, 0.25) is 0 Å². The summed E-state index contributed by atoms with van der Waals surface area (Å²) in [7, 11) is 0. The molecule has 0 radical (unpaired) electrons. The molecule has 0 N–H and O–H groups in total. The summed E-state index contributed by atoms with van der Waals surface area (Å²) in [5, 5.41) is 0. The van der Waals surface area contributed by atoms with Gasteiger partial charge in [0.2, 0.25) is 0 Å². The van der Waals surface area contributed by atoms with Gasteiger partial charge in [0.05, 0.1) is 5.56 Å². The number of carbonyl (C=O) groups excluding carboxylic acids is 1. The second-order valence-electron chi connectivity index (χ2n) is 6.69. The molecule has 0 fully saturated rings. The van der Waals surface area contributed by atoms with E-state index in [0.29, 0.717) is 16.9 Å². The van der Waals surface area contributed by atoms with Gasteiger partial charge in [-0.25, -0.2) is 0 Å². The SMILES string of the molecule is Cc1ccc(C)c(/C=C2/C(=O)c3ccccc3O[C@H]2c2ccccc2)c1. The number of hydrogen-bond donors (Lipinski definition) is 0. The van der Waals surface area contributed by atoms with Crippen LogP contribution in [0.1, 0.15) is 38.7 Å². The first-order valence-corrected chi connectivity index (χ1v) is 8.77. The zero-order valence-electron chi connectivity index (χ0n) is 14.9. The number of hydrogen-bond acceptors (Lipinski definition) is 2. The number of benzene rings is 3. The van der Waals surface area contributed by atoms with Gasteiger partial charge in [0.15, 0.2) is 11.9 Å². The van der Waals surface area contributed by atoms with E-state index in [1.54, 1.807) is 0 Å². The molecule has 0 bridgehead atoms. The first kappa shape index (κ1) is 16.3. The summed E-state index contributed by atoms with van der Waals surface area (Å²) in [5.41, 5.74) is 5.63. The molecule has 1 heterocycles. The third-order valence-corrected chi connectivity index (χ3v) is 4.77. The largest absolute Gasteiger partial charge is 0.480 e. The van der Waals surface area contributed by atoms with Gasteiger partial charge in [-0.05, 0) is 48.7 Å². The number of fused-ring (bicyclic) bond motifs is 1. The quantitative estimate of drug-likeness (QED) is 0.559. The topological polar surface area (TPSA) is 26.3 Å². The molecule has 0 saturated carbocycles. The Balaban J connectivity index is 1.89. The van der Waals surface area contributed by atoms with E-state index in [4.69, 9.17) is 4.74 Å². The Morgan fingerprint density at radius 2 is 1.62 bits per heavy atom. The normalized spacial score (nSPS) is 17.7. The lowest BCUT2D eigenvalue weighted by molar-refractivity contribution is 0.0963. The van der Waals surface area contributed by atoms with Crippen molar-refractivity contribution in [3.63, 3.8) is 0 Å². The van der Waals surface area contributed by atoms with E-state index in [1.165, 1.54) is 5.56 Å². The molecule has 1 aliphatic heterocycles. The minimum atomic E-state index is -0.404. The Bertz CT molecular complexity index is 1000. The summed E-state index contributed by atoms with van der Waals surface area (Å²) in [6, 6.07) is 23.7. The number of ketones is 1. The van der Waals surface area contributed by atoms with Gasteiger partial charge >= 0.3 is 0 Å². The van der Waals surface area contributed by atoms with Crippen LogP contribution in [0.15, 0.2) is 78.4 Å². The predicted octanol–water partition coefficient (Wildman–Crippen LogP) is 5.70. The van der Waals surface area contributed by atoms with E-state index < -0.39 is 6.10 Å². The first-order chi connectivity index (χ1) is 12.6. The minimum Gasteiger partial charge on any atom is -0.480 e.